The number of hydrogen-bond donors (Lipinski definition) is 1. The first kappa shape index (κ1) is 20.5. The van der Waals surface area contributed by atoms with Crippen LogP contribution in [0.1, 0.15) is 17.3 Å². The van der Waals surface area contributed by atoms with E-state index in [1.165, 1.54) is 13.0 Å². The number of anilines is 1. The lowest BCUT2D eigenvalue weighted by molar-refractivity contribution is -0.385. The Morgan fingerprint density at radius 3 is 2.79 bits per heavy atom. The van der Waals surface area contributed by atoms with Crippen molar-refractivity contribution in [2.75, 3.05) is 5.32 Å². The highest BCUT2D eigenvalue weighted by Gasteiger charge is 2.22. The number of aromatic nitrogens is 2. The number of azide groups is 1. The van der Waals surface area contributed by atoms with Crippen LogP contribution in [0.5, 0.6) is 0 Å². The maximum absolute atomic E-state index is 13.4. The summed E-state index contributed by atoms with van der Waals surface area (Å²) in [4.78, 5) is 32.6. The topological polar surface area (TPSA) is 147 Å². The first-order chi connectivity index (χ1) is 13.2. The molecule has 0 fully saturated rings. The molecule has 0 aliphatic heterocycles. The average molecular weight is 404 g/mol. The van der Waals surface area contributed by atoms with Crippen LogP contribution in [0, 0.1) is 10.1 Å². The number of allylic oxidation sites excluding steroid dienone is 4. The molecule has 0 radical (unpaired) electrons. The zero-order valence-corrected chi connectivity index (χ0v) is 15.0. The van der Waals surface area contributed by atoms with Gasteiger partial charge in [0.15, 0.2) is 0 Å². The van der Waals surface area contributed by atoms with Gasteiger partial charge in [-0.3, -0.25) is 14.9 Å². The zero-order chi connectivity index (χ0) is 20.8. The van der Waals surface area contributed by atoms with Crippen LogP contribution in [0.2, 0.25) is 0 Å². The van der Waals surface area contributed by atoms with Crippen LogP contribution in [0.3, 0.4) is 0 Å². The minimum absolute atomic E-state index is 0.0376. The molecule has 2 rings (SSSR count). The van der Waals surface area contributed by atoms with Crippen LogP contribution in [0.25, 0.3) is 21.3 Å². The Bertz CT molecular complexity index is 1100. The summed E-state index contributed by atoms with van der Waals surface area (Å²) in [5.41, 5.74) is 7.78. The molecule has 142 valence electrons. The van der Waals surface area contributed by atoms with Gasteiger partial charge in [0, 0.05) is 22.1 Å². The van der Waals surface area contributed by atoms with Gasteiger partial charge in [-0.05, 0) is 35.8 Å². The Balaban J connectivity index is 2.52. The van der Waals surface area contributed by atoms with Crippen LogP contribution in [-0.2, 0) is 0 Å². The van der Waals surface area contributed by atoms with Crippen LogP contribution in [0.4, 0.5) is 15.9 Å². The van der Waals surface area contributed by atoms with Crippen molar-refractivity contribution in [1.29, 1.82) is 0 Å². The fourth-order valence-electron chi connectivity index (χ4n) is 2.09. The van der Waals surface area contributed by atoms with Crippen molar-refractivity contribution >= 4 is 39.9 Å². The zero-order valence-electron chi connectivity index (χ0n) is 14.3. The first-order valence-electron chi connectivity index (χ1n) is 7.43. The average Bonchev–Trinajstić information content (AvgIpc) is 2.65. The second kappa shape index (κ2) is 8.71. The lowest BCUT2D eigenvalue weighted by atomic mass is 10.1. The molecular formula is C16H11ClFN7O3. The molecule has 0 saturated heterocycles. The number of carbonyl (C=O) groups excluding carboxylic acids is 1. The van der Waals surface area contributed by atoms with Gasteiger partial charge in [0.1, 0.15) is 23.5 Å². The third kappa shape index (κ3) is 4.67. The molecule has 0 bridgehead atoms. The van der Waals surface area contributed by atoms with Crippen molar-refractivity contribution in [3.05, 3.63) is 79.9 Å². The van der Waals surface area contributed by atoms with Gasteiger partial charge in [0.2, 0.25) is 0 Å². The van der Waals surface area contributed by atoms with E-state index in [0.717, 1.165) is 24.5 Å². The van der Waals surface area contributed by atoms with Gasteiger partial charge in [-0.2, -0.15) is 0 Å². The van der Waals surface area contributed by atoms with Crippen LogP contribution in [0.15, 0.2) is 58.9 Å². The Morgan fingerprint density at radius 1 is 1.46 bits per heavy atom. The lowest BCUT2D eigenvalue weighted by Crippen LogP contribution is -2.04. The number of fused-ring (bicyclic) bond motifs is 1. The maximum Gasteiger partial charge on any atom is 0.281 e. The third-order valence-corrected chi connectivity index (χ3v) is 3.53. The predicted octanol–water partition coefficient (Wildman–Crippen LogP) is 4.91. The highest BCUT2D eigenvalue weighted by atomic mass is 35.5. The first-order valence-corrected chi connectivity index (χ1v) is 7.80. The molecular weight excluding hydrogens is 393 g/mol. The van der Waals surface area contributed by atoms with E-state index in [2.05, 4.69) is 31.9 Å². The molecule has 0 atom stereocenters. The van der Waals surface area contributed by atoms with Crippen molar-refractivity contribution in [1.82, 2.24) is 9.97 Å². The fraction of sp³-hybridized carbons (Fsp3) is 0.0625. The SMILES string of the molecule is C=C(/C=C\C(F)=C(/C)Cl)Nc1ncnc2cc(C(=O)N=[N+]=[N-])c([N+](=O)[O-])cc12. The van der Waals surface area contributed by atoms with Crippen LogP contribution < -0.4 is 5.32 Å². The largest absolute Gasteiger partial charge is 0.340 e. The Kier molecular flexibility index (Phi) is 6.38. The number of nitro benzene ring substituents is 1. The van der Waals surface area contributed by atoms with Gasteiger partial charge < -0.3 is 5.32 Å². The minimum atomic E-state index is -1.12. The molecule has 1 heterocycles. The summed E-state index contributed by atoms with van der Waals surface area (Å²) in [6.07, 6.45) is 3.53. The molecule has 1 N–H and O–H groups in total. The van der Waals surface area contributed by atoms with Crippen molar-refractivity contribution < 1.29 is 14.1 Å². The van der Waals surface area contributed by atoms with E-state index in [9.17, 15) is 19.3 Å². The molecule has 28 heavy (non-hydrogen) atoms. The molecule has 0 aliphatic carbocycles. The normalized spacial score (nSPS) is 11.7. The molecule has 1 amide bonds. The van der Waals surface area contributed by atoms with E-state index in [0.29, 0.717) is 0 Å². The maximum atomic E-state index is 13.4. The monoisotopic (exact) mass is 403 g/mol. The molecule has 12 heteroatoms. The minimum Gasteiger partial charge on any atom is -0.340 e. The molecule has 2 aromatic rings. The number of amides is 1. The van der Waals surface area contributed by atoms with Gasteiger partial charge in [0.25, 0.3) is 11.6 Å². The molecule has 1 aromatic heterocycles. The van der Waals surface area contributed by atoms with Crippen molar-refractivity contribution in [3.63, 3.8) is 0 Å². The van der Waals surface area contributed by atoms with E-state index >= 15 is 0 Å². The summed E-state index contributed by atoms with van der Waals surface area (Å²) in [6, 6.07) is 2.19. The van der Waals surface area contributed by atoms with Gasteiger partial charge in [-0.25, -0.2) is 14.4 Å². The Labute approximate surface area is 161 Å². The highest BCUT2D eigenvalue weighted by molar-refractivity contribution is 6.29. The summed E-state index contributed by atoms with van der Waals surface area (Å²) in [5.74, 6) is -1.64. The summed E-state index contributed by atoms with van der Waals surface area (Å²) in [5, 5.41) is 17.1. The number of carbonyl (C=O) groups is 1. The molecule has 0 unspecified atom stereocenters. The second-order valence-corrected chi connectivity index (χ2v) is 5.79. The van der Waals surface area contributed by atoms with Gasteiger partial charge in [-0.1, -0.05) is 18.2 Å². The smallest absolute Gasteiger partial charge is 0.281 e. The molecule has 0 saturated carbocycles. The summed E-state index contributed by atoms with van der Waals surface area (Å²) in [6.45, 7) is 5.06. The third-order valence-electron chi connectivity index (χ3n) is 3.35. The number of rotatable bonds is 6. The van der Waals surface area contributed by atoms with Crippen LogP contribution in [-0.4, -0.2) is 20.8 Å². The predicted molar refractivity (Wildman–Crippen MR) is 101 cm³/mol. The Hall–Kier alpha value is -3.82. The van der Waals surface area contributed by atoms with Crippen molar-refractivity contribution in [2.24, 2.45) is 5.11 Å². The number of nitro groups is 1. The number of nitrogens with one attached hydrogen (secondary N) is 1. The number of halogens is 2. The molecule has 0 aliphatic rings. The lowest BCUT2D eigenvalue weighted by Gasteiger charge is -2.09. The van der Waals surface area contributed by atoms with Gasteiger partial charge >= 0.3 is 0 Å². The van der Waals surface area contributed by atoms with E-state index in [1.807, 2.05) is 0 Å². The number of hydrogen-bond acceptors (Lipinski definition) is 6. The highest BCUT2D eigenvalue weighted by Crippen LogP contribution is 2.29. The fourth-order valence-corrected chi connectivity index (χ4v) is 2.15. The van der Waals surface area contributed by atoms with Gasteiger partial charge in [-0.15, -0.1) is 0 Å². The van der Waals surface area contributed by atoms with Crippen LogP contribution >= 0.6 is 11.6 Å². The van der Waals surface area contributed by atoms with E-state index in [1.54, 1.807) is 0 Å². The van der Waals surface area contributed by atoms with E-state index in [-0.39, 0.29) is 27.5 Å². The standard InChI is InChI=1S/C16H11ClFN7O3/c1-8(3-4-12(18)9(2)17)22-15-10-6-14(25(27)28)11(16(26)23-24-19)5-13(10)20-7-21-15/h3-7H,1H2,2H3,(H,20,21,22)/b4-3-,12-9-. The van der Waals surface area contributed by atoms with E-state index < -0.39 is 27.9 Å². The quantitative estimate of drug-likeness (QED) is 0.181. The summed E-state index contributed by atoms with van der Waals surface area (Å²) >= 11 is 5.52. The summed E-state index contributed by atoms with van der Waals surface area (Å²) in [7, 11) is 0. The Morgan fingerprint density at radius 2 is 2.18 bits per heavy atom. The van der Waals surface area contributed by atoms with Crippen molar-refractivity contribution in [2.45, 2.75) is 6.92 Å². The molecule has 0 spiro atoms. The van der Waals surface area contributed by atoms with E-state index in [4.69, 9.17) is 17.1 Å². The molecule has 10 nitrogen and oxygen atoms in total. The summed E-state index contributed by atoms with van der Waals surface area (Å²) < 4.78 is 13.4. The van der Waals surface area contributed by atoms with Crippen molar-refractivity contribution in [3.8, 4) is 0 Å². The second-order valence-electron chi connectivity index (χ2n) is 5.23. The van der Waals surface area contributed by atoms with Gasteiger partial charge in [0.05, 0.1) is 15.5 Å². The number of nitrogens with zero attached hydrogens (tertiary/aromatic N) is 6. The molecule has 1 aromatic carbocycles. The number of benzene rings is 1.